The van der Waals surface area contributed by atoms with Gasteiger partial charge in [-0.15, -0.1) is 0 Å². The predicted octanol–water partition coefficient (Wildman–Crippen LogP) is 1.09. The Morgan fingerprint density at radius 2 is 2.05 bits per heavy atom. The van der Waals surface area contributed by atoms with Crippen molar-refractivity contribution in [3.63, 3.8) is 0 Å². The number of hydrogen-bond donors (Lipinski definition) is 2. The molecule has 2 aliphatic rings. The summed E-state index contributed by atoms with van der Waals surface area (Å²) in [5.41, 5.74) is 5.42. The Morgan fingerprint density at radius 1 is 1.33 bits per heavy atom. The van der Waals surface area contributed by atoms with Crippen LogP contribution >= 0.6 is 0 Å². The second-order valence-corrected chi connectivity index (χ2v) is 6.65. The van der Waals surface area contributed by atoms with Crippen LogP contribution in [0.4, 0.5) is 0 Å². The Bertz CT molecular complexity index is 346. The molecule has 21 heavy (non-hydrogen) atoms. The molecule has 1 unspecified atom stereocenters. The molecule has 6 heteroatoms. The molecular formula is C15H30N4O2. The zero-order chi connectivity index (χ0) is 15.3. The highest BCUT2D eigenvalue weighted by Gasteiger charge is 2.33. The smallest absolute Gasteiger partial charge is 0.159 e. The number of nitrogens with two attached hydrogens (primary N) is 1. The van der Waals surface area contributed by atoms with Crippen LogP contribution < -0.4 is 5.73 Å². The SMILES string of the molecule is CC(C)(C(N)=NO)N1CCN(CCCC2CCCO2)CC1. The number of rotatable bonds is 6. The summed E-state index contributed by atoms with van der Waals surface area (Å²) in [6.45, 7) is 10.1. The Balaban J connectivity index is 1.68. The number of oxime groups is 1. The average molecular weight is 298 g/mol. The summed E-state index contributed by atoms with van der Waals surface area (Å²) >= 11 is 0. The van der Waals surface area contributed by atoms with Gasteiger partial charge in [0.2, 0.25) is 0 Å². The van der Waals surface area contributed by atoms with Gasteiger partial charge in [0.15, 0.2) is 5.84 Å². The van der Waals surface area contributed by atoms with Crippen molar-refractivity contribution in [2.75, 3.05) is 39.3 Å². The Hall–Kier alpha value is -0.850. The van der Waals surface area contributed by atoms with Crippen LogP contribution in [-0.2, 0) is 4.74 Å². The van der Waals surface area contributed by atoms with Gasteiger partial charge in [0.05, 0.1) is 11.6 Å². The van der Waals surface area contributed by atoms with E-state index in [4.69, 9.17) is 15.7 Å². The Kier molecular flexibility index (Phi) is 5.84. The molecule has 2 aliphatic heterocycles. The van der Waals surface area contributed by atoms with E-state index in [1.54, 1.807) is 0 Å². The van der Waals surface area contributed by atoms with E-state index in [9.17, 15) is 0 Å². The molecule has 1 atom stereocenters. The minimum absolute atomic E-state index is 0.286. The van der Waals surface area contributed by atoms with E-state index in [0.717, 1.165) is 39.3 Å². The molecule has 3 N–H and O–H groups in total. The lowest BCUT2D eigenvalue weighted by Gasteiger charge is -2.43. The third kappa shape index (κ3) is 4.31. The molecule has 2 rings (SSSR count). The molecule has 0 aromatic carbocycles. The van der Waals surface area contributed by atoms with Gasteiger partial charge in [-0.2, -0.15) is 0 Å². The molecular weight excluding hydrogens is 268 g/mol. The molecule has 0 aromatic heterocycles. The third-order valence-electron chi connectivity index (χ3n) is 4.92. The van der Waals surface area contributed by atoms with Gasteiger partial charge in [-0.3, -0.25) is 4.90 Å². The minimum Gasteiger partial charge on any atom is -0.409 e. The Labute approximate surface area is 127 Å². The highest BCUT2D eigenvalue weighted by molar-refractivity contribution is 5.88. The van der Waals surface area contributed by atoms with Crippen molar-refractivity contribution in [1.82, 2.24) is 9.80 Å². The molecule has 122 valence electrons. The van der Waals surface area contributed by atoms with E-state index in [1.165, 1.54) is 25.7 Å². The monoisotopic (exact) mass is 298 g/mol. The molecule has 0 amide bonds. The number of amidine groups is 1. The van der Waals surface area contributed by atoms with E-state index in [-0.39, 0.29) is 11.4 Å². The van der Waals surface area contributed by atoms with E-state index >= 15 is 0 Å². The van der Waals surface area contributed by atoms with Gasteiger partial charge in [0.1, 0.15) is 0 Å². The zero-order valence-corrected chi connectivity index (χ0v) is 13.4. The average Bonchev–Trinajstić information content (AvgIpc) is 3.00. The summed E-state index contributed by atoms with van der Waals surface area (Å²) in [5.74, 6) is 0.286. The molecule has 2 heterocycles. The van der Waals surface area contributed by atoms with E-state index in [2.05, 4.69) is 15.0 Å². The van der Waals surface area contributed by atoms with Crippen molar-refractivity contribution in [2.24, 2.45) is 10.9 Å². The summed E-state index contributed by atoms with van der Waals surface area (Å²) in [7, 11) is 0. The van der Waals surface area contributed by atoms with Crippen LogP contribution in [0.25, 0.3) is 0 Å². The van der Waals surface area contributed by atoms with E-state index in [0.29, 0.717) is 6.10 Å². The summed E-state index contributed by atoms with van der Waals surface area (Å²) in [6.07, 6.45) is 5.38. The van der Waals surface area contributed by atoms with Crippen molar-refractivity contribution >= 4 is 5.84 Å². The minimum atomic E-state index is -0.376. The normalized spacial score (nSPS) is 26.4. The summed E-state index contributed by atoms with van der Waals surface area (Å²) < 4.78 is 5.67. The van der Waals surface area contributed by atoms with Crippen molar-refractivity contribution in [2.45, 2.75) is 51.2 Å². The van der Waals surface area contributed by atoms with E-state index in [1.807, 2.05) is 13.8 Å². The largest absolute Gasteiger partial charge is 0.409 e. The van der Waals surface area contributed by atoms with Crippen LogP contribution in [0, 0.1) is 0 Å². The van der Waals surface area contributed by atoms with Gasteiger partial charge >= 0.3 is 0 Å². The Morgan fingerprint density at radius 3 is 2.62 bits per heavy atom. The first-order valence-corrected chi connectivity index (χ1v) is 8.11. The second kappa shape index (κ2) is 7.42. The van der Waals surface area contributed by atoms with E-state index < -0.39 is 0 Å². The van der Waals surface area contributed by atoms with Gasteiger partial charge in [-0.05, 0) is 46.1 Å². The number of piperazine rings is 1. The van der Waals surface area contributed by atoms with Crippen molar-refractivity contribution < 1.29 is 9.94 Å². The maximum Gasteiger partial charge on any atom is 0.159 e. The van der Waals surface area contributed by atoms with Crippen LogP contribution in [0.1, 0.15) is 39.5 Å². The summed E-state index contributed by atoms with van der Waals surface area (Å²) in [4.78, 5) is 4.80. The molecule has 6 nitrogen and oxygen atoms in total. The highest BCUT2D eigenvalue weighted by Crippen LogP contribution is 2.19. The van der Waals surface area contributed by atoms with Crippen LogP contribution in [0.3, 0.4) is 0 Å². The fraction of sp³-hybridized carbons (Fsp3) is 0.933. The lowest BCUT2D eigenvalue weighted by molar-refractivity contribution is 0.0730. The van der Waals surface area contributed by atoms with Crippen molar-refractivity contribution in [3.8, 4) is 0 Å². The lowest BCUT2D eigenvalue weighted by atomic mass is 10.00. The first-order valence-electron chi connectivity index (χ1n) is 8.11. The maximum absolute atomic E-state index is 8.89. The number of hydrogen-bond acceptors (Lipinski definition) is 5. The van der Waals surface area contributed by atoms with Crippen molar-refractivity contribution in [1.29, 1.82) is 0 Å². The lowest BCUT2D eigenvalue weighted by Crippen LogP contribution is -2.59. The molecule has 2 saturated heterocycles. The molecule has 2 fully saturated rings. The highest BCUT2D eigenvalue weighted by atomic mass is 16.5. The van der Waals surface area contributed by atoms with Crippen LogP contribution in [0.15, 0.2) is 5.16 Å². The van der Waals surface area contributed by atoms with Crippen LogP contribution in [0.5, 0.6) is 0 Å². The van der Waals surface area contributed by atoms with Gasteiger partial charge in [0.25, 0.3) is 0 Å². The molecule has 0 aliphatic carbocycles. The first kappa shape index (κ1) is 16.5. The standard InChI is InChI=1S/C15H30N4O2/c1-15(2,14(16)17-20)19-10-8-18(9-11-19)7-3-5-13-6-4-12-21-13/h13,20H,3-12H2,1-2H3,(H2,16,17). The fourth-order valence-corrected chi connectivity index (χ4v) is 3.23. The van der Waals surface area contributed by atoms with Gasteiger partial charge in [-0.1, -0.05) is 5.16 Å². The number of ether oxygens (including phenoxy) is 1. The zero-order valence-electron chi connectivity index (χ0n) is 13.4. The molecule has 0 saturated carbocycles. The molecule has 0 spiro atoms. The summed E-state index contributed by atoms with van der Waals surface area (Å²) in [5, 5.41) is 12.1. The fourth-order valence-electron chi connectivity index (χ4n) is 3.23. The topological polar surface area (TPSA) is 74.3 Å². The third-order valence-corrected chi connectivity index (χ3v) is 4.92. The first-order chi connectivity index (χ1) is 10.0. The maximum atomic E-state index is 8.89. The van der Waals surface area contributed by atoms with Crippen LogP contribution in [-0.4, -0.2) is 71.8 Å². The quantitative estimate of drug-likeness (QED) is 0.332. The molecule has 0 bridgehead atoms. The molecule has 0 aromatic rings. The predicted molar refractivity (Wildman–Crippen MR) is 83.7 cm³/mol. The van der Waals surface area contributed by atoms with Crippen molar-refractivity contribution in [3.05, 3.63) is 0 Å². The van der Waals surface area contributed by atoms with Gasteiger partial charge in [-0.25, -0.2) is 0 Å². The summed E-state index contributed by atoms with van der Waals surface area (Å²) in [6, 6.07) is 0. The second-order valence-electron chi connectivity index (χ2n) is 6.65. The number of nitrogens with zero attached hydrogens (tertiary/aromatic N) is 3. The van der Waals surface area contributed by atoms with Gasteiger partial charge in [0, 0.05) is 32.8 Å². The molecule has 0 radical (unpaired) electrons. The van der Waals surface area contributed by atoms with Crippen LogP contribution in [0.2, 0.25) is 0 Å². The van der Waals surface area contributed by atoms with Gasteiger partial charge < -0.3 is 20.6 Å².